The average Bonchev–Trinajstić information content (AvgIpc) is 1.91. The average molecular weight is 137 g/mol. The van der Waals surface area contributed by atoms with Gasteiger partial charge in [-0.15, -0.1) is 0 Å². The Morgan fingerprint density at radius 3 is 2.67 bits per heavy atom. The van der Waals surface area contributed by atoms with Gasteiger partial charge in [0.25, 0.3) is 0 Å². The van der Waals surface area contributed by atoms with E-state index in [2.05, 4.69) is 10.6 Å². The molecule has 0 aliphatic rings. The molecule has 0 unspecified atom stereocenters. The third-order valence-electron chi connectivity index (χ3n) is 0.855. The molecule has 1 heterocycles. The van der Waals surface area contributed by atoms with E-state index in [1.54, 1.807) is 24.5 Å². The molecule has 0 fully saturated rings. The predicted octanol–water partition coefficient (Wildman–Crippen LogP) is 1.68. The summed E-state index contributed by atoms with van der Waals surface area (Å²) in [7, 11) is -0.0828. The van der Waals surface area contributed by atoms with Crippen LogP contribution in [0.3, 0.4) is 0 Å². The van der Waals surface area contributed by atoms with Crippen LogP contribution in [0.2, 0.25) is 0 Å². The third kappa shape index (κ3) is 1.85. The molecule has 3 heteroatoms. The monoisotopic (exact) mass is 137 g/mol. The summed E-state index contributed by atoms with van der Waals surface area (Å²) in [4.78, 5) is 3.78. The minimum absolute atomic E-state index is 0.0828. The molecule has 0 saturated heterocycles. The Bertz CT molecular complexity index is 276. The first-order valence-corrected chi connectivity index (χ1v) is 3.23. The quantitative estimate of drug-likeness (QED) is 0.509. The van der Waals surface area contributed by atoms with E-state index >= 15 is 0 Å². The van der Waals surface area contributed by atoms with Crippen molar-refractivity contribution in [1.29, 1.82) is 0 Å². The van der Waals surface area contributed by atoms with Gasteiger partial charge < -0.3 is 0 Å². The minimum atomic E-state index is -0.0828. The van der Waals surface area contributed by atoms with Gasteiger partial charge in [0.05, 0.1) is 0 Å². The van der Waals surface area contributed by atoms with Gasteiger partial charge in [-0.2, -0.15) is 0 Å². The summed E-state index contributed by atoms with van der Waals surface area (Å²) in [5.74, 6) is 0. The Labute approximate surface area is 54.1 Å². The normalized spacial score (nSPS) is 8.00. The molecule has 0 aliphatic carbocycles. The molecule has 0 spiro atoms. The molecule has 0 saturated carbocycles. The Morgan fingerprint density at radius 2 is 2.11 bits per heavy atom. The van der Waals surface area contributed by atoms with E-state index in [1.807, 2.05) is 0 Å². The number of hydrogen-bond donors (Lipinski definition) is 0. The van der Waals surface area contributed by atoms with Crippen molar-refractivity contribution in [3.8, 4) is 5.63 Å². The van der Waals surface area contributed by atoms with Crippen LogP contribution in [0.5, 0.6) is 0 Å². The number of aromatic nitrogens is 1. The van der Waals surface area contributed by atoms with E-state index in [4.69, 9.17) is 0 Å². The van der Waals surface area contributed by atoms with Crippen molar-refractivity contribution in [3.63, 3.8) is 0 Å². The fourth-order valence-corrected chi connectivity index (χ4v) is 0.734. The number of rotatable bonds is 0. The Morgan fingerprint density at radius 1 is 1.44 bits per heavy atom. The SMILES string of the molecule is O=P#Cc1ccncc1. The maximum atomic E-state index is 9.94. The van der Waals surface area contributed by atoms with Crippen LogP contribution >= 0.6 is 7.92 Å². The second-order valence-corrected chi connectivity index (χ2v) is 1.85. The van der Waals surface area contributed by atoms with Crippen LogP contribution in [-0.4, -0.2) is 4.98 Å². The summed E-state index contributed by atoms with van der Waals surface area (Å²) in [6.07, 6.45) is 3.26. The summed E-state index contributed by atoms with van der Waals surface area (Å²) in [6, 6.07) is 3.48. The summed E-state index contributed by atoms with van der Waals surface area (Å²) in [6.45, 7) is 0. The molecule has 0 radical (unpaired) electrons. The fraction of sp³-hybridized carbons (Fsp3) is 0. The summed E-state index contributed by atoms with van der Waals surface area (Å²) < 4.78 is 9.94. The van der Waals surface area contributed by atoms with Crippen molar-refractivity contribution in [2.75, 3.05) is 0 Å². The second kappa shape index (κ2) is 3.24. The van der Waals surface area contributed by atoms with E-state index in [0.717, 1.165) is 5.56 Å². The van der Waals surface area contributed by atoms with E-state index < -0.39 is 0 Å². The van der Waals surface area contributed by atoms with Crippen LogP contribution in [0.15, 0.2) is 24.5 Å². The molecule has 0 N–H and O–H groups in total. The summed E-state index contributed by atoms with van der Waals surface area (Å²) in [5.41, 5.74) is 3.39. The van der Waals surface area contributed by atoms with Crippen LogP contribution in [0.25, 0.3) is 0 Å². The van der Waals surface area contributed by atoms with E-state index in [0.29, 0.717) is 0 Å². The molecule has 1 aromatic heterocycles. The van der Waals surface area contributed by atoms with Gasteiger partial charge in [-0.3, -0.25) is 0 Å². The predicted molar refractivity (Wildman–Crippen MR) is 34.8 cm³/mol. The van der Waals surface area contributed by atoms with E-state index in [9.17, 15) is 4.57 Å². The summed E-state index contributed by atoms with van der Waals surface area (Å²) >= 11 is 0. The molecule has 0 amide bonds. The van der Waals surface area contributed by atoms with E-state index in [1.165, 1.54) is 0 Å². The van der Waals surface area contributed by atoms with Crippen LogP contribution in [0, 0.1) is 5.63 Å². The molecule has 1 rings (SSSR count). The molecule has 9 heavy (non-hydrogen) atoms. The summed E-state index contributed by atoms with van der Waals surface area (Å²) in [5, 5.41) is 0. The van der Waals surface area contributed by atoms with Crippen LogP contribution in [-0.2, 0) is 4.57 Å². The number of hydrogen-bond acceptors (Lipinski definition) is 2. The molecule has 0 aromatic carbocycles. The van der Waals surface area contributed by atoms with Gasteiger partial charge in [-0.25, -0.2) is 0 Å². The Hall–Kier alpha value is -0.840. The fourth-order valence-electron chi connectivity index (χ4n) is 0.479. The van der Waals surface area contributed by atoms with Gasteiger partial charge in [0, 0.05) is 0 Å². The topological polar surface area (TPSA) is 30.0 Å². The number of nitrogens with zero attached hydrogens (tertiary/aromatic N) is 1. The van der Waals surface area contributed by atoms with Gasteiger partial charge in [-0.1, -0.05) is 0 Å². The van der Waals surface area contributed by atoms with Crippen molar-refractivity contribution < 1.29 is 4.57 Å². The van der Waals surface area contributed by atoms with Gasteiger partial charge in [0.2, 0.25) is 0 Å². The van der Waals surface area contributed by atoms with Crippen molar-refractivity contribution in [3.05, 3.63) is 30.1 Å². The molecule has 44 valence electrons. The first-order valence-electron chi connectivity index (χ1n) is 2.42. The molecule has 2 nitrogen and oxygen atoms in total. The first-order chi connectivity index (χ1) is 4.43. The zero-order chi connectivity index (χ0) is 6.53. The first kappa shape index (κ1) is 6.28. The standard InChI is InChI=1S/C6H4NOP/c8-9-5-6-1-3-7-4-2-6/h1-4H. The molecular formula is C6H4NOP. The second-order valence-electron chi connectivity index (χ2n) is 1.44. The molecule has 1 aromatic rings. The van der Waals surface area contributed by atoms with Crippen molar-refractivity contribution in [1.82, 2.24) is 4.98 Å². The van der Waals surface area contributed by atoms with Crippen LogP contribution in [0.1, 0.15) is 5.56 Å². The van der Waals surface area contributed by atoms with Crippen molar-refractivity contribution in [2.45, 2.75) is 0 Å². The zero-order valence-electron chi connectivity index (χ0n) is 4.61. The Balaban J connectivity index is 3.07. The maximum absolute atomic E-state index is 9.94. The zero-order valence-corrected chi connectivity index (χ0v) is 5.51. The van der Waals surface area contributed by atoms with Gasteiger partial charge in [0.15, 0.2) is 0 Å². The Kier molecular flexibility index (Phi) is 2.26. The molecular weight excluding hydrogens is 133 g/mol. The van der Waals surface area contributed by atoms with Crippen LogP contribution in [0.4, 0.5) is 0 Å². The molecule has 0 aliphatic heterocycles. The van der Waals surface area contributed by atoms with Gasteiger partial charge in [0.1, 0.15) is 0 Å². The third-order valence-corrected chi connectivity index (χ3v) is 1.20. The molecule has 0 bridgehead atoms. The van der Waals surface area contributed by atoms with E-state index in [-0.39, 0.29) is 7.92 Å². The van der Waals surface area contributed by atoms with Crippen LogP contribution < -0.4 is 0 Å². The molecule has 0 atom stereocenters. The van der Waals surface area contributed by atoms with Crippen molar-refractivity contribution >= 4 is 7.92 Å². The number of pyridine rings is 1. The van der Waals surface area contributed by atoms with Gasteiger partial charge >= 0.3 is 53.2 Å². The van der Waals surface area contributed by atoms with Crippen molar-refractivity contribution in [2.24, 2.45) is 0 Å². The van der Waals surface area contributed by atoms with Gasteiger partial charge in [-0.05, 0) is 0 Å².